The van der Waals surface area contributed by atoms with E-state index in [0.717, 1.165) is 71.6 Å². The lowest BCUT2D eigenvalue weighted by molar-refractivity contribution is -0.137. The monoisotopic (exact) mass is 752 g/mol. The van der Waals surface area contributed by atoms with Crippen LogP contribution >= 0.6 is 0 Å². The number of likely N-dealkylation sites (tertiary alicyclic amines) is 1. The van der Waals surface area contributed by atoms with Crippen LogP contribution in [-0.2, 0) is 38.4 Å². The van der Waals surface area contributed by atoms with Crippen LogP contribution in [0.4, 0.5) is 9.18 Å². The summed E-state index contributed by atoms with van der Waals surface area (Å²) in [6.07, 6.45) is 10.9. The zero-order valence-electron chi connectivity index (χ0n) is 31.8. The Balaban J connectivity index is 1.19. The molecule has 0 saturated carbocycles. The van der Waals surface area contributed by atoms with Gasteiger partial charge in [-0.25, -0.2) is 19.2 Å². The second-order valence-corrected chi connectivity index (χ2v) is 14.1. The van der Waals surface area contributed by atoms with Crippen LogP contribution in [0.2, 0.25) is 0 Å². The molecular formula is C41H49FN8O5. The number of carbonyl (C=O) groups excluding carboxylic acids is 3. The molecule has 55 heavy (non-hydrogen) atoms. The van der Waals surface area contributed by atoms with Gasteiger partial charge in [-0.1, -0.05) is 31.2 Å². The Hall–Kier alpha value is -5.52. The number of nitrogens with one attached hydrogen (secondary N) is 3. The highest BCUT2D eigenvalue weighted by Crippen LogP contribution is 2.38. The number of imidazole rings is 2. The van der Waals surface area contributed by atoms with Crippen molar-refractivity contribution in [3.63, 3.8) is 0 Å². The van der Waals surface area contributed by atoms with Gasteiger partial charge in [0.15, 0.2) is 0 Å². The summed E-state index contributed by atoms with van der Waals surface area (Å²) in [7, 11) is 2.65. The maximum absolute atomic E-state index is 15.8. The number of halogens is 1. The highest BCUT2D eigenvalue weighted by molar-refractivity contribution is 5.86. The van der Waals surface area contributed by atoms with E-state index in [2.05, 4.69) is 32.3 Å². The van der Waals surface area contributed by atoms with Gasteiger partial charge in [0.05, 0.1) is 49.4 Å². The number of ether oxygens (including phenoxy) is 2. The Bertz CT molecular complexity index is 2070. The number of fused-ring (bicyclic) bond motifs is 3. The summed E-state index contributed by atoms with van der Waals surface area (Å²) in [4.78, 5) is 58.2. The number of hydrogen-bond donors (Lipinski definition) is 4. The van der Waals surface area contributed by atoms with Crippen LogP contribution in [0.25, 0.3) is 33.6 Å². The normalized spacial score (nSPS) is 16.6. The molecule has 14 heteroatoms. The summed E-state index contributed by atoms with van der Waals surface area (Å²) in [5, 5.41) is 2.53. The van der Waals surface area contributed by atoms with E-state index in [-0.39, 0.29) is 31.5 Å². The Morgan fingerprint density at radius 1 is 1.13 bits per heavy atom. The molecule has 0 bridgehead atoms. The fourth-order valence-electron chi connectivity index (χ4n) is 7.37. The standard InChI is InChI=1S/C41H49FN8O5/c1-6-8-18-49(40(52)36(24(3)54-4)48-41(53)55-5)23-35-44-22-33(45-35)29-16-13-26(21-30(29)42)25-12-15-28-27(20-25)14-17-32-37(28)47-38(46-32)34-11-9-10-19-50(34)39(51)31(43)7-2/h1,12-13,15-16,20-22,24,31,34,36H,7-11,14,17-19,23,43H2,2-5H3,(H,44,45)(H,46,47)(H,48,53)/t24?,31-,34-,36-/m0/s1. The SMILES string of the molecule is C#CCCN(Cc1ncc(-c2ccc(-c3ccc4c(c3)CCc3[nH]c([C@@H]5CCCCN5C(=O)[C@@H](N)CC)nc3-4)cc2F)[nH]1)C(=O)[C@@H](NC(=O)OC)C(C)OC. The van der Waals surface area contributed by atoms with E-state index in [1.54, 1.807) is 13.0 Å². The molecule has 2 aromatic heterocycles. The fourth-order valence-corrected chi connectivity index (χ4v) is 7.37. The molecule has 0 spiro atoms. The number of nitrogens with two attached hydrogens (primary N) is 1. The molecule has 6 rings (SSSR count). The summed E-state index contributed by atoms with van der Waals surface area (Å²) in [6.45, 7) is 4.50. The number of hydrogen-bond acceptors (Lipinski definition) is 8. The molecule has 13 nitrogen and oxygen atoms in total. The molecule has 3 heterocycles. The number of alkyl carbamates (subject to hydrolysis) is 1. The van der Waals surface area contributed by atoms with Crippen molar-refractivity contribution >= 4 is 17.9 Å². The number of rotatable bonds is 13. The molecule has 2 aliphatic rings. The molecule has 1 aliphatic heterocycles. The molecule has 290 valence electrons. The number of aromatic amines is 2. The lowest BCUT2D eigenvalue weighted by Crippen LogP contribution is -2.54. The first-order valence-electron chi connectivity index (χ1n) is 18.8. The van der Waals surface area contributed by atoms with Gasteiger partial charge in [-0.2, -0.15) is 0 Å². The second kappa shape index (κ2) is 17.3. The van der Waals surface area contributed by atoms with Crippen molar-refractivity contribution in [2.24, 2.45) is 5.73 Å². The molecule has 1 saturated heterocycles. The number of benzene rings is 2. The van der Waals surface area contributed by atoms with Gasteiger partial charge in [0.2, 0.25) is 11.8 Å². The quantitative estimate of drug-likeness (QED) is 0.134. The highest BCUT2D eigenvalue weighted by Gasteiger charge is 2.34. The molecule has 2 aromatic carbocycles. The number of H-pyrrole nitrogens is 2. The minimum Gasteiger partial charge on any atom is -0.453 e. The predicted octanol–water partition coefficient (Wildman–Crippen LogP) is 5.27. The van der Waals surface area contributed by atoms with Crippen LogP contribution in [0.15, 0.2) is 42.6 Å². The predicted molar refractivity (Wildman–Crippen MR) is 206 cm³/mol. The Kier molecular flexibility index (Phi) is 12.3. The first-order chi connectivity index (χ1) is 26.6. The molecule has 5 N–H and O–H groups in total. The number of terminal acetylenes is 1. The summed E-state index contributed by atoms with van der Waals surface area (Å²) in [6, 6.07) is 9.54. The van der Waals surface area contributed by atoms with Gasteiger partial charge < -0.3 is 40.3 Å². The van der Waals surface area contributed by atoms with Crippen molar-refractivity contribution in [3.8, 4) is 46.0 Å². The number of aryl methyl sites for hydroxylation is 2. The third-order valence-electron chi connectivity index (χ3n) is 10.6. The number of piperidine rings is 1. The molecule has 1 fully saturated rings. The summed E-state index contributed by atoms with van der Waals surface area (Å²) < 4.78 is 25.8. The van der Waals surface area contributed by atoms with Gasteiger partial charge in [0, 0.05) is 43.4 Å². The van der Waals surface area contributed by atoms with Crippen molar-refractivity contribution in [1.29, 1.82) is 0 Å². The average Bonchev–Trinajstić information content (AvgIpc) is 3.87. The van der Waals surface area contributed by atoms with Gasteiger partial charge in [0.25, 0.3) is 0 Å². The summed E-state index contributed by atoms with van der Waals surface area (Å²) in [5.74, 6) is 2.87. The highest BCUT2D eigenvalue weighted by atomic mass is 19.1. The van der Waals surface area contributed by atoms with Crippen LogP contribution in [-0.4, -0.2) is 93.1 Å². The largest absolute Gasteiger partial charge is 0.453 e. The average molecular weight is 753 g/mol. The molecular weight excluding hydrogens is 704 g/mol. The maximum atomic E-state index is 15.8. The first-order valence-corrected chi connectivity index (χ1v) is 18.8. The van der Waals surface area contributed by atoms with Gasteiger partial charge in [0.1, 0.15) is 23.5 Å². The maximum Gasteiger partial charge on any atom is 0.407 e. The van der Waals surface area contributed by atoms with E-state index in [1.165, 1.54) is 31.4 Å². The van der Waals surface area contributed by atoms with Crippen LogP contribution in [0, 0.1) is 18.2 Å². The fraction of sp³-hybridized carbons (Fsp3) is 0.439. The lowest BCUT2D eigenvalue weighted by atomic mass is 9.89. The Morgan fingerprint density at radius 2 is 1.89 bits per heavy atom. The number of carbonyl (C=O) groups is 3. The minimum atomic E-state index is -1.04. The smallest absolute Gasteiger partial charge is 0.407 e. The van der Waals surface area contributed by atoms with Gasteiger partial charge >= 0.3 is 6.09 Å². The van der Waals surface area contributed by atoms with Crippen LogP contribution in [0.3, 0.4) is 0 Å². The van der Waals surface area contributed by atoms with Crippen molar-refractivity contribution in [2.75, 3.05) is 27.3 Å². The van der Waals surface area contributed by atoms with Gasteiger partial charge in [-0.15, -0.1) is 12.3 Å². The summed E-state index contributed by atoms with van der Waals surface area (Å²) >= 11 is 0. The molecule has 1 unspecified atom stereocenters. The van der Waals surface area contributed by atoms with E-state index in [9.17, 15) is 14.4 Å². The van der Waals surface area contributed by atoms with Crippen molar-refractivity contribution in [3.05, 3.63) is 71.3 Å². The van der Waals surface area contributed by atoms with Gasteiger partial charge in [-0.05, 0) is 74.3 Å². The van der Waals surface area contributed by atoms with E-state index < -0.39 is 36.0 Å². The van der Waals surface area contributed by atoms with Gasteiger partial charge in [-0.3, -0.25) is 9.59 Å². The van der Waals surface area contributed by atoms with Crippen molar-refractivity contribution in [2.45, 2.75) is 89.6 Å². The molecule has 0 radical (unpaired) electrons. The minimum absolute atomic E-state index is 0.0231. The third kappa shape index (κ3) is 8.43. The number of aromatic nitrogens is 4. The topological polar surface area (TPSA) is 172 Å². The molecule has 4 aromatic rings. The zero-order chi connectivity index (χ0) is 39.2. The van der Waals surface area contributed by atoms with E-state index in [1.807, 2.05) is 30.0 Å². The van der Waals surface area contributed by atoms with E-state index in [0.29, 0.717) is 30.0 Å². The van der Waals surface area contributed by atoms with Crippen LogP contribution in [0.5, 0.6) is 0 Å². The number of methoxy groups -OCH3 is 2. The van der Waals surface area contributed by atoms with Crippen LogP contribution < -0.4 is 11.1 Å². The molecule has 1 aliphatic carbocycles. The van der Waals surface area contributed by atoms with E-state index in [4.69, 9.17) is 26.6 Å². The second-order valence-electron chi connectivity index (χ2n) is 14.1. The zero-order valence-corrected chi connectivity index (χ0v) is 31.8. The van der Waals surface area contributed by atoms with Crippen molar-refractivity contribution in [1.82, 2.24) is 35.1 Å². The molecule has 4 atom stereocenters. The molecule has 3 amide bonds. The number of nitrogens with zero attached hydrogens (tertiary/aromatic N) is 4. The Morgan fingerprint density at radius 3 is 2.60 bits per heavy atom. The third-order valence-corrected chi connectivity index (χ3v) is 10.6. The Labute approximate surface area is 320 Å². The van der Waals surface area contributed by atoms with E-state index >= 15 is 4.39 Å². The first kappa shape index (κ1) is 39.2. The van der Waals surface area contributed by atoms with Crippen molar-refractivity contribution < 1.29 is 28.2 Å². The lowest BCUT2D eigenvalue weighted by Gasteiger charge is -2.36. The van der Waals surface area contributed by atoms with Crippen LogP contribution in [0.1, 0.15) is 74.9 Å². The number of amides is 3. The summed E-state index contributed by atoms with van der Waals surface area (Å²) in [5.41, 5.74) is 12.7.